The molecular weight excluding hydrogens is 280 g/mol. The minimum Gasteiger partial charge on any atom is -0.469 e. The van der Waals surface area contributed by atoms with E-state index in [1.54, 1.807) is 6.20 Å². The molecule has 0 N–H and O–H groups in total. The van der Waals surface area contributed by atoms with Gasteiger partial charge in [-0.15, -0.1) is 0 Å². The van der Waals surface area contributed by atoms with E-state index >= 15 is 0 Å². The van der Waals surface area contributed by atoms with Gasteiger partial charge in [0.2, 0.25) is 5.88 Å². The van der Waals surface area contributed by atoms with E-state index in [0.717, 1.165) is 24.4 Å². The van der Waals surface area contributed by atoms with Gasteiger partial charge in [0, 0.05) is 37.1 Å². The Hall–Kier alpha value is -2.56. The Labute approximate surface area is 129 Å². The van der Waals surface area contributed by atoms with Crippen molar-refractivity contribution in [3.8, 4) is 11.6 Å². The van der Waals surface area contributed by atoms with Crippen molar-refractivity contribution in [2.75, 3.05) is 25.1 Å². The highest BCUT2D eigenvalue weighted by Gasteiger charge is 2.29. The van der Waals surface area contributed by atoms with Crippen molar-refractivity contribution in [3.05, 3.63) is 48.7 Å². The van der Waals surface area contributed by atoms with Crippen molar-refractivity contribution in [1.82, 2.24) is 4.98 Å². The molecule has 0 radical (unpaired) electrons. The van der Waals surface area contributed by atoms with Gasteiger partial charge in [-0.05, 0) is 24.6 Å². The Morgan fingerprint density at radius 3 is 2.95 bits per heavy atom. The number of hydrogen-bond acceptors (Lipinski definition) is 5. The zero-order valence-corrected chi connectivity index (χ0v) is 12.4. The number of nitrogens with zero attached hydrogens (tertiary/aromatic N) is 2. The second kappa shape index (κ2) is 6.47. The summed E-state index contributed by atoms with van der Waals surface area (Å²) in [4.78, 5) is 17.9. The van der Waals surface area contributed by atoms with Gasteiger partial charge in [0.15, 0.2) is 0 Å². The fourth-order valence-electron chi connectivity index (χ4n) is 2.63. The molecule has 1 aromatic carbocycles. The second-order valence-corrected chi connectivity index (χ2v) is 5.22. The quantitative estimate of drug-likeness (QED) is 0.812. The van der Waals surface area contributed by atoms with E-state index in [1.165, 1.54) is 7.11 Å². The molecule has 0 saturated carbocycles. The van der Waals surface area contributed by atoms with Crippen molar-refractivity contribution in [3.63, 3.8) is 0 Å². The van der Waals surface area contributed by atoms with Gasteiger partial charge in [-0.1, -0.05) is 12.1 Å². The number of methoxy groups -OCH3 is 1. The second-order valence-electron chi connectivity index (χ2n) is 5.22. The van der Waals surface area contributed by atoms with Crippen LogP contribution in [0.15, 0.2) is 48.7 Å². The van der Waals surface area contributed by atoms with Crippen LogP contribution < -0.4 is 9.64 Å². The summed E-state index contributed by atoms with van der Waals surface area (Å²) in [7, 11) is 1.44. The van der Waals surface area contributed by atoms with Gasteiger partial charge in [0.25, 0.3) is 0 Å². The van der Waals surface area contributed by atoms with Crippen LogP contribution in [-0.4, -0.2) is 31.2 Å². The van der Waals surface area contributed by atoms with E-state index in [9.17, 15) is 4.79 Å². The highest BCUT2D eigenvalue weighted by Crippen LogP contribution is 2.29. The van der Waals surface area contributed by atoms with Gasteiger partial charge in [-0.3, -0.25) is 4.79 Å². The van der Waals surface area contributed by atoms with E-state index in [0.29, 0.717) is 12.4 Å². The van der Waals surface area contributed by atoms with E-state index in [1.807, 2.05) is 42.5 Å². The number of ether oxygens (including phenoxy) is 2. The molecule has 1 saturated heterocycles. The largest absolute Gasteiger partial charge is 0.469 e. The fraction of sp³-hybridized carbons (Fsp3) is 0.294. The third-order valence-electron chi connectivity index (χ3n) is 3.77. The molecule has 114 valence electrons. The molecule has 5 heteroatoms. The summed E-state index contributed by atoms with van der Waals surface area (Å²) in [6, 6.07) is 13.4. The summed E-state index contributed by atoms with van der Waals surface area (Å²) < 4.78 is 10.6. The molecule has 1 aliphatic rings. The zero-order chi connectivity index (χ0) is 15.4. The Balaban J connectivity index is 1.71. The molecule has 1 atom stereocenters. The highest BCUT2D eigenvalue weighted by atomic mass is 16.5. The topological polar surface area (TPSA) is 51.7 Å². The van der Waals surface area contributed by atoms with Crippen LogP contribution in [0, 0.1) is 5.92 Å². The number of carbonyl (C=O) groups excluding carboxylic acids is 1. The average molecular weight is 298 g/mol. The summed E-state index contributed by atoms with van der Waals surface area (Å²) >= 11 is 0. The van der Waals surface area contributed by atoms with Gasteiger partial charge in [-0.25, -0.2) is 4.98 Å². The molecule has 2 aromatic rings. The van der Waals surface area contributed by atoms with Crippen LogP contribution in [0.5, 0.6) is 11.6 Å². The molecule has 1 fully saturated rings. The van der Waals surface area contributed by atoms with Gasteiger partial charge >= 0.3 is 5.97 Å². The Morgan fingerprint density at radius 1 is 1.27 bits per heavy atom. The first-order chi connectivity index (χ1) is 10.8. The van der Waals surface area contributed by atoms with Gasteiger partial charge < -0.3 is 14.4 Å². The summed E-state index contributed by atoms with van der Waals surface area (Å²) in [5.74, 6) is 1.11. The minimum atomic E-state index is -0.136. The van der Waals surface area contributed by atoms with Crippen molar-refractivity contribution < 1.29 is 14.3 Å². The molecular formula is C17H18N2O3. The highest BCUT2D eigenvalue weighted by molar-refractivity contribution is 5.74. The first-order valence-electron chi connectivity index (χ1n) is 7.28. The van der Waals surface area contributed by atoms with E-state index < -0.39 is 0 Å². The summed E-state index contributed by atoms with van der Waals surface area (Å²) in [6.07, 6.45) is 2.51. The van der Waals surface area contributed by atoms with E-state index in [2.05, 4.69) is 9.88 Å². The first kappa shape index (κ1) is 14.4. The number of carbonyl (C=O) groups is 1. The molecule has 0 bridgehead atoms. The van der Waals surface area contributed by atoms with E-state index in [-0.39, 0.29) is 11.9 Å². The van der Waals surface area contributed by atoms with Gasteiger partial charge in [0.1, 0.15) is 5.75 Å². The van der Waals surface area contributed by atoms with Crippen LogP contribution in [-0.2, 0) is 9.53 Å². The molecule has 1 aromatic heterocycles. The SMILES string of the molecule is COC(=O)C1CCN(c2cccc(Oc3ccccn3)c2)C1. The summed E-state index contributed by atoms with van der Waals surface area (Å²) in [5.41, 5.74) is 1.04. The van der Waals surface area contributed by atoms with Crippen molar-refractivity contribution >= 4 is 11.7 Å². The lowest BCUT2D eigenvalue weighted by Gasteiger charge is -2.19. The maximum Gasteiger partial charge on any atom is 0.310 e. The number of anilines is 1. The Bertz CT molecular complexity index is 645. The lowest BCUT2D eigenvalue weighted by atomic mass is 10.1. The minimum absolute atomic E-state index is 0.0506. The monoisotopic (exact) mass is 298 g/mol. The normalized spacial score (nSPS) is 17.3. The standard InChI is InChI=1S/C17H18N2O3/c1-21-17(20)13-8-10-19(12-13)14-5-4-6-15(11-14)22-16-7-2-3-9-18-16/h2-7,9,11,13H,8,10,12H2,1H3. The summed E-state index contributed by atoms with van der Waals surface area (Å²) in [5, 5.41) is 0. The molecule has 0 amide bonds. The number of rotatable bonds is 4. The average Bonchev–Trinajstić information content (AvgIpc) is 3.05. The Kier molecular flexibility index (Phi) is 4.23. The number of aromatic nitrogens is 1. The van der Waals surface area contributed by atoms with Crippen LogP contribution in [0.3, 0.4) is 0 Å². The Morgan fingerprint density at radius 2 is 2.18 bits per heavy atom. The van der Waals surface area contributed by atoms with Gasteiger partial charge in [-0.2, -0.15) is 0 Å². The zero-order valence-electron chi connectivity index (χ0n) is 12.4. The molecule has 22 heavy (non-hydrogen) atoms. The van der Waals surface area contributed by atoms with Crippen LogP contribution in [0.1, 0.15) is 6.42 Å². The third kappa shape index (κ3) is 3.19. The molecule has 0 spiro atoms. The summed E-state index contributed by atoms with van der Waals surface area (Å²) in [6.45, 7) is 1.52. The van der Waals surface area contributed by atoms with E-state index in [4.69, 9.17) is 9.47 Å². The maximum atomic E-state index is 11.6. The smallest absolute Gasteiger partial charge is 0.310 e. The number of esters is 1. The van der Waals surface area contributed by atoms with Gasteiger partial charge in [0.05, 0.1) is 13.0 Å². The van der Waals surface area contributed by atoms with Crippen molar-refractivity contribution in [2.45, 2.75) is 6.42 Å². The first-order valence-corrected chi connectivity index (χ1v) is 7.28. The predicted octanol–water partition coefficient (Wildman–Crippen LogP) is 2.87. The van der Waals surface area contributed by atoms with Crippen molar-refractivity contribution in [2.24, 2.45) is 5.92 Å². The fourth-order valence-corrected chi connectivity index (χ4v) is 2.63. The van der Waals surface area contributed by atoms with Crippen LogP contribution in [0.4, 0.5) is 5.69 Å². The van der Waals surface area contributed by atoms with Crippen LogP contribution in [0.2, 0.25) is 0 Å². The number of benzene rings is 1. The predicted molar refractivity (Wildman–Crippen MR) is 83.1 cm³/mol. The molecule has 1 aliphatic heterocycles. The molecule has 1 unspecified atom stereocenters. The van der Waals surface area contributed by atoms with Crippen LogP contribution >= 0.6 is 0 Å². The number of hydrogen-bond donors (Lipinski definition) is 0. The molecule has 2 heterocycles. The number of pyridine rings is 1. The maximum absolute atomic E-state index is 11.6. The molecule has 5 nitrogen and oxygen atoms in total. The lowest BCUT2D eigenvalue weighted by Crippen LogP contribution is -2.23. The van der Waals surface area contributed by atoms with Crippen molar-refractivity contribution in [1.29, 1.82) is 0 Å². The third-order valence-corrected chi connectivity index (χ3v) is 3.77. The lowest BCUT2D eigenvalue weighted by molar-refractivity contribution is -0.144. The van der Waals surface area contributed by atoms with Crippen LogP contribution in [0.25, 0.3) is 0 Å². The molecule has 3 rings (SSSR count). The molecule has 0 aliphatic carbocycles.